The van der Waals surface area contributed by atoms with Crippen molar-refractivity contribution in [3.8, 4) is 0 Å². The lowest BCUT2D eigenvalue weighted by Crippen LogP contribution is -2.42. The predicted molar refractivity (Wildman–Crippen MR) is 59.8 cm³/mol. The van der Waals surface area contributed by atoms with Crippen molar-refractivity contribution < 1.29 is 9.13 Å². The van der Waals surface area contributed by atoms with E-state index in [-0.39, 0.29) is 6.04 Å². The van der Waals surface area contributed by atoms with Crippen LogP contribution in [0, 0.1) is 0 Å². The van der Waals surface area contributed by atoms with Gasteiger partial charge in [0.25, 0.3) is 0 Å². The number of ether oxygens (including phenoxy) is 1. The maximum atomic E-state index is 13.8. The molecule has 1 saturated heterocycles. The van der Waals surface area contributed by atoms with Gasteiger partial charge in [0.05, 0.1) is 0 Å². The molecule has 2 heterocycles. The third-order valence-corrected chi connectivity index (χ3v) is 3.81. The molecule has 16 heavy (non-hydrogen) atoms. The highest BCUT2D eigenvalue weighted by Gasteiger charge is 2.47. The van der Waals surface area contributed by atoms with Crippen LogP contribution in [-0.4, -0.2) is 12.6 Å². The molecule has 3 atom stereocenters. The molecule has 0 bridgehead atoms. The number of hydrogen-bond acceptors (Lipinski definition) is 2. The molecule has 2 aliphatic rings. The second-order valence-electron chi connectivity index (χ2n) is 4.78. The number of rotatable bonds is 1. The Bertz CT molecular complexity index is 403. The molecule has 0 amide bonds. The summed E-state index contributed by atoms with van der Waals surface area (Å²) in [6.07, 6.45) is 0.920. The van der Waals surface area contributed by atoms with Crippen molar-refractivity contribution in [3.05, 3.63) is 35.4 Å². The van der Waals surface area contributed by atoms with Gasteiger partial charge in [-0.3, -0.25) is 0 Å². The lowest BCUT2D eigenvalue weighted by atomic mass is 9.86. The van der Waals surface area contributed by atoms with Crippen LogP contribution in [0.4, 0.5) is 4.39 Å². The summed E-state index contributed by atoms with van der Waals surface area (Å²) in [5.74, 6) is 0. The normalized spacial score (nSPS) is 37.6. The maximum absolute atomic E-state index is 13.8. The first-order valence-corrected chi connectivity index (χ1v) is 5.86. The molecule has 0 aliphatic carbocycles. The monoisotopic (exact) mass is 221 g/mol. The summed E-state index contributed by atoms with van der Waals surface area (Å²) in [6.45, 7) is 3.00. The van der Waals surface area contributed by atoms with Gasteiger partial charge >= 0.3 is 0 Å². The van der Waals surface area contributed by atoms with Gasteiger partial charge in [0.15, 0.2) is 0 Å². The summed E-state index contributed by atoms with van der Waals surface area (Å²) in [7, 11) is 0. The fourth-order valence-electron chi connectivity index (χ4n) is 2.91. The fourth-order valence-corrected chi connectivity index (χ4v) is 2.91. The standard InChI is InChI=1S/C13H16FNO/c1-13(11-7-4-8-15-11)10-6-3-2-5-9(10)12(14)16-13/h2-3,5-6,11-12,15H,4,7-8H2,1H3/t11-,12?,13+/m1/s1. The van der Waals surface area contributed by atoms with E-state index in [4.69, 9.17) is 4.74 Å². The van der Waals surface area contributed by atoms with E-state index in [9.17, 15) is 4.39 Å². The Morgan fingerprint density at radius 2 is 2.25 bits per heavy atom. The Morgan fingerprint density at radius 1 is 1.44 bits per heavy atom. The van der Waals surface area contributed by atoms with Gasteiger partial charge in [0, 0.05) is 11.6 Å². The van der Waals surface area contributed by atoms with Crippen molar-refractivity contribution in [2.75, 3.05) is 6.54 Å². The van der Waals surface area contributed by atoms with Crippen molar-refractivity contribution in [3.63, 3.8) is 0 Å². The lowest BCUT2D eigenvalue weighted by molar-refractivity contribution is -0.137. The molecule has 0 saturated carbocycles. The minimum atomic E-state index is -1.27. The number of alkyl halides is 1. The molecule has 1 N–H and O–H groups in total. The zero-order chi connectivity index (χ0) is 11.2. The van der Waals surface area contributed by atoms with E-state index in [2.05, 4.69) is 5.32 Å². The van der Waals surface area contributed by atoms with E-state index < -0.39 is 12.0 Å². The molecule has 0 spiro atoms. The summed E-state index contributed by atoms with van der Waals surface area (Å²) in [5, 5.41) is 3.41. The van der Waals surface area contributed by atoms with Crippen LogP contribution in [0.15, 0.2) is 24.3 Å². The van der Waals surface area contributed by atoms with Crippen LogP contribution in [0.2, 0.25) is 0 Å². The summed E-state index contributed by atoms with van der Waals surface area (Å²) in [6, 6.07) is 7.85. The van der Waals surface area contributed by atoms with Crippen LogP contribution < -0.4 is 5.32 Å². The molecule has 1 aromatic rings. The predicted octanol–water partition coefficient (Wildman–Crippen LogP) is 2.65. The van der Waals surface area contributed by atoms with Crippen molar-refractivity contribution in [1.29, 1.82) is 0 Å². The van der Waals surface area contributed by atoms with Gasteiger partial charge in [-0.25, -0.2) is 4.39 Å². The van der Waals surface area contributed by atoms with Crippen molar-refractivity contribution in [2.45, 2.75) is 37.8 Å². The Morgan fingerprint density at radius 3 is 3.00 bits per heavy atom. The molecular formula is C13H16FNO. The average Bonchev–Trinajstić information content (AvgIpc) is 2.89. The lowest BCUT2D eigenvalue weighted by Gasteiger charge is -2.31. The van der Waals surface area contributed by atoms with Crippen LogP contribution in [0.3, 0.4) is 0 Å². The Kier molecular flexibility index (Phi) is 2.26. The van der Waals surface area contributed by atoms with Gasteiger partial charge in [-0.05, 0) is 31.9 Å². The Hall–Kier alpha value is -0.930. The van der Waals surface area contributed by atoms with E-state index in [1.165, 1.54) is 0 Å². The third kappa shape index (κ3) is 1.31. The van der Waals surface area contributed by atoms with Gasteiger partial charge in [-0.2, -0.15) is 0 Å². The molecule has 1 fully saturated rings. The average molecular weight is 221 g/mol. The largest absolute Gasteiger partial charge is 0.332 e. The summed E-state index contributed by atoms with van der Waals surface area (Å²) in [4.78, 5) is 0. The SMILES string of the molecule is C[C@]1([C@H]2CCCN2)OC(F)c2ccccc21. The molecule has 0 aromatic heterocycles. The maximum Gasteiger partial charge on any atom is 0.226 e. The van der Waals surface area contributed by atoms with E-state index in [1.54, 1.807) is 0 Å². The van der Waals surface area contributed by atoms with Crippen molar-refractivity contribution in [1.82, 2.24) is 5.32 Å². The van der Waals surface area contributed by atoms with Gasteiger partial charge < -0.3 is 10.1 Å². The minimum absolute atomic E-state index is 0.231. The van der Waals surface area contributed by atoms with Gasteiger partial charge in [-0.15, -0.1) is 0 Å². The number of hydrogen-bond donors (Lipinski definition) is 1. The molecule has 3 rings (SSSR count). The first-order chi connectivity index (χ1) is 7.72. The van der Waals surface area contributed by atoms with Gasteiger partial charge in [-0.1, -0.05) is 24.3 Å². The second kappa shape index (κ2) is 3.54. The fraction of sp³-hybridized carbons (Fsp3) is 0.538. The quantitative estimate of drug-likeness (QED) is 0.787. The molecule has 2 aliphatic heterocycles. The molecule has 0 radical (unpaired) electrons. The number of benzene rings is 1. The first kappa shape index (κ1) is 10.2. The topological polar surface area (TPSA) is 21.3 Å². The molecular weight excluding hydrogens is 205 g/mol. The van der Waals surface area contributed by atoms with Crippen LogP contribution in [0.25, 0.3) is 0 Å². The molecule has 1 aromatic carbocycles. The highest BCUT2D eigenvalue weighted by atomic mass is 19.1. The second-order valence-corrected chi connectivity index (χ2v) is 4.78. The Balaban J connectivity index is 2.04. The number of nitrogens with one attached hydrogen (secondary N) is 1. The smallest absolute Gasteiger partial charge is 0.226 e. The van der Waals surface area contributed by atoms with Crippen LogP contribution in [0.1, 0.15) is 37.3 Å². The van der Waals surface area contributed by atoms with Crippen LogP contribution >= 0.6 is 0 Å². The zero-order valence-electron chi connectivity index (χ0n) is 9.37. The highest BCUT2D eigenvalue weighted by molar-refractivity contribution is 5.38. The summed E-state index contributed by atoms with van der Waals surface area (Å²) in [5.41, 5.74) is 1.19. The zero-order valence-corrected chi connectivity index (χ0v) is 9.37. The van der Waals surface area contributed by atoms with E-state index in [0.717, 1.165) is 24.9 Å². The van der Waals surface area contributed by atoms with E-state index >= 15 is 0 Å². The third-order valence-electron chi connectivity index (χ3n) is 3.81. The van der Waals surface area contributed by atoms with Gasteiger partial charge in [0.2, 0.25) is 6.36 Å². The minimum Gasteiger partial charge on any atom is -0.332 e. The molecule has 86 valence electrons. The molecule has 3 heteroatoms. The highest BCUT2D eigenvalue weighted by Crippen LogP contribution is 2.47. The van der Waals surface area contributed by atoms with Crippen molar-refractivity contribution in [2.24, 2.45) is 0 Å². The van der Waals surface area contributed by atoms with Crippen LogP contribution in [0.5, 0.6) is 0 Å². The molecule has 1 unspecified atom stereocenters. The number of fused-ring (bicyclic) bond motifs is 1. The van der Waals surface area contributed by atoms with Crippen LogP contribution in [-0.2, 0) is 10.3 Å². The summed E-state index contributed by atoms with van der Waals surface area (Å²) < 4.78 is 19.4. The van der Waals surface area contributed by atoms with Gasteiger partial charge in [0.1, 0.15) is 5.60 Å². The summed E-state index contributed by atoms with van der Waals surface area (Å²) >= 11 is 0. The first-order valence-electron chi connectivity index (χ1n) is 5.86. The van der Waals surface area contributed by atoms with E-state index in [0.29, 0.717) is 5.56 Å². The Labute approximate surface area is 94.8 Å². The molecule has 2 nitrogen and oxygen atoms in total. The van der Waals surface area contributed by atoms with E-state index in [1.807, 2.05) is 31.2 Å². The van der Waals surface area contributed by atoms with Crippen molar-refractivity contribution >= 4 is 0 Å². The number of halogens is 1.